The number of hydrogen-bond acceptors (Lipinski definition) is 5. The number of hydrogen-bond donors (Lipinski definition) is 1. The lowest BCUT2D eigenvalue weighted by atomic mass is 9.94. The lowest BCUT2D eigenvalue weighted by Crippen LogP contribution is -2.44. The van der Waals surface area contributed by atoms with E-state index in [9.17, 15) is 0 Å². The van der Waals surface area contributed by atoms with Gasteiger partial charge in [-0.1, -0.05) is 0 Å². The molecule has 5 heteroatoms. The van der Waals surface area contributed by atoms with Crippen LogP contribution < -0.4 is 5.32 Å². The Hall–Kier alpha value is -2.06. The van der Waals surface area contributed by atoms with Gasteiger partial charge in [-0.2, -0.15) is 5.26 Å². The molecule has 21 heavy (non-hydrogen) atoms. The molecule has 108 valence electrons. The van der Waals surface area contributed by atoms with Crippen molar-refractivity contribution in [3.63, 3.8) is 0 Å². The largest absolute Gasteiger partial charge is 0.444 e. The number of rotatable bonds is 3. The van der Waals surface area contributed by atoms with Crippen molar-refractivity contribution in [1.29, 1.82) is 5.26 Å². The SMILES string of the molecule is N#Cc1cc2cc(NCC34CCCN3CCC4)ncc2o1. The van der Waals surface area contributed by atoms with Crippen LogP contribution in [-0.2, 0) is 0 Å². The molecule has 2 aliphatic rings. The van der Waals surface area contributed by atoms with E-state index in [0.29, 0.717) is 16.9 Å². The van der Waals surface area contributed by atoms with Gasteiger partial charge in [0, 0.05) is 23.5 Å². The van der Waals surface area contributed by atoms with E-state index in [1.165, 1.54) is 38.8 Å². The quantitative estimate of drug-likeness (QED) is 0.937. The predicted octanol–water partition coefficient (Wildman–Crippen LogP) is 2.74. The van der Waals surface area contributed by atoms with E-state index < -0.39 is 0 Å². The molecule has 0 spiro atoms. The van der Waals surface area contributed by atoms with Crippen molar-refractivity contribution in [3.8, 4) is 6.07 Å². The number of aromatic nitrogens is 1. The van der Waals surface area contributed by atoms with Crippen molar-refractivity contribution in [2.24, 2.45) is 0 Å². The van der Waals surface area contributed by atoms with E-state index in [-0.39, 0.29) is 0 Å². The molecule has 0 radical (unpaired) electrons. The smallest absolute Gasteiger partial charge is 0.204 e. The molecule has 4 rings (SSSR count). The van der Waals surface area contributed by atoms with E-state index in [0.717, 1.165) is 17.7 Å². The first-order chi connectivity index (χ1) is 10.3. The van der Waals surface area contributed by atoms with Gasteiger partial charge in [-0.15, -0.1) is 0 Å². The van der Waals surface area contributed by atoms with Crippen LogP contribution in [0.2, 0.25) is 0 Å². The third-order valence-electron chi connectivity index (χ3n) is 4.92. The Morgan fingerprint density at radius 3 is 2.90 bits per heavy atom. The highest BCUT2D eigenvalue weighted by molar-refractivity contribution is 5.80. The number of fused-ring (bicyclic) bond motifs is 2. The Morgan fingerprint density at radius 1 is 1.33 bits per heavy atom. The summed E-state index contributed by atoms with van der Waals surface area (Å²) in [6.07, 6.45) is 6.87. The maximum absolute atomic E-state index is 8.87. The Bertz CT molecular complexity index is 705. The lowest BCUT2D eigenvalue weighted by molar-refractivity contribution is 0.209. The number of pyridine rings is 1. The predicted molar refractivity (Wildman–Crippen MR) is 80.0 cm³/mol. The number of nitrogens with one attached hydrogen (secondary N) is 1. The topological polar surface area (TPSA) is 65.1 Å². The first kappa shape index (κ1) is 12.7. The fourth-order valence-electron chi connectivity index (χ4n) is 3.87. The molecule has 2 aromatic rings. The second kappa shape index (κ2) is 4.74. The zero-order valence-electron chi connectivity index (χ0n) is 11.9. The molecule has 0 unspecified atom stereocenters. The van der Waals surface area contributed by atoms with Crippen LogP contribution >= 0.6 is 0 Å². The normalized spacial score (nSPS) is 20.5. The monoisotopic (exact) mass is 282 g/mol. The summed E-state index contributed by atoms with van der Waals surface area (Å²) in [4.78, 5) is 7.02. The van der Waals surface area contributed by atoms with Crippen LogP contribution in [0.5, 0.6) is 0 Å². The number of furan rings is 1. The van der Waals surface area contributed by atoms with Crippen molar-refractivity contribution in [1.82, 2.24) is 9.88 Å². The third kappa shape index (κ3) is 2.07. The van der Waals surface area contributed by atoms with Crippen molar-refractivity contribution in [2.45, 2.75) is 31.2 Å². The average Bonchev–Trinajstić information content (AvgIpc) is 3.17. The summed E-state index contributed by atoms with van der Waals surface area (Å²) >= 11 is 0. The second-order valence-electron chi connectivity index (χ2n) is 6.10. The molecular formula is C16H18N4O. The van der Waals surface area contributed by atoms with Gasteiger partial charge in [-0.3, -0.25) is 4.90 Å². The summed E-state index contributed by atoms with van der Waals surface area (Å²) in [5.41, 5.74) is 1.00. The number of anilines is 1. The highest BCUT2D eigenvalue weighted by Gasteiger charge is 2.43. The lowest BCUT2D eigenvalue weighted by Gasteiger charge is -2.32. The van der Waals surface area contributed by atoms with Gasteiger partial charge in [0.2, 0.25) is 5.76 Å². The molecular weight excluding hydrogens is 264 g/mol. The Kier molecular flexibility index (Phi) is 2.86. The Morgan fingerprint density at radius 2 is 2.14 bits per heavy atom. The first-order valence-corrected chi connectivity index (χ1v) is 7.58. The van der Waals surface area contributed by atoms with Gasteiger partial charge < -0.3 is 9.73 Å². The van der Waals surface area contributed by atoms with Crippen LogP contribution in [0, 0.1) is 11.3 Å². The van der Waals surface area contributed by atoms with Crippen LogP contribution in [0.25, 0.3) is 11.0 Å². The van der Waals surface area contributed by atoms with Crippen molar-refractivity contribution >= 4 is 16.8 Å². The zero-order chi connectivity index (χ0) is 14.3. The molecule has 0 saturated carbocycles. The van der Waals surface area contributed by atoms with Crippen LogP contribution in [-0.4, -0.2) is 35.1 Å². The molecule has 1 N–H and O–H groups in total. The van der Waals surface area contributed by atoms with E-state index >= 15 is 0 Å². The number of nitrogens with zero attached hydrogens (tertiary/aromatic N) is 3. The van der Waals surface area contributed by atoms with Crippen molar-refractivity contribution < 1.29 is 4.42 Å². The van der Waals surface area contributed by atoms with Crippen molar-refractivity contribution in [3.05, 3.63) is 24.1 Å². The van der Waals surface area contributed by atoms with Crippen LogP contribution in [0.15, 0.2) is 22.7 Å². The van der Waals surface area contributed by atoms with Gasteiger partial charge >= 0.3 is 0 Å². The van der Waals surface area contributed by atoms with Gasteiger partial charge in [0.05, 0.1) is 6.20 Å². The summed E-state index contributed by atoms with van der Waals surface area (Å²) in [5, 5.41) is 13.3. The molecule has 0 aromatic carbocycles. The molecule has 4 heterocycles. The summed E-state index contributed by atoms with van der Waals surface area (Å²) in [5.74, 6) is 1.20. The summed E-state index contributed by atoms with van der Waals surface area (Å²) in [6.45, 7) is 3.43. The van der Waals surface area contributed by atoms with Gasteiger partial charge in [0.1, 0.15) is 11.9 Å². The molecule has 2 fully saturated rings. The standard InChI is InChI=1S/C16H18N4O/c17-9-13-7-12-8-15(18-10-14(12)21-13)19-11-16-3-1-5-20(16)6-2-4-16/h7-8,10H,1-6,11H2,(H,18,19). The van der Waals surface area contributed by atoms with Crippen LogP contribution in [0.4, 0.5) is 5.82 Å². The summed E-state index contributed by atoms with van der Waals surface area (Å²) < 4.78 is 5.36. The van der Waals surface area contributed by atoms with E-state index in [4.69, 9.17) is 9.68 Å². The van der Waals surface area contributed by atoms with Crippen molar-refractivity contribution in [2.75, 3.05) is 25.0 Å². The summed E-state index contributed by atoms with van der Waals surface area (Å²) in [7, 11) is 0. The molecule has 2 aliphatic heterocycles. The minimum atomic E-state index is 0.334. The van der Waals surface area contributed by atoms with Gasteiger partial charge in [0.15, 0.2) is 5.58 Å². The molecule has 2 saturated heterocycles. The van der Waals surface area contributed by atoms with Crippen LogP contribution in [0.1, 0.15) is 31.4 Å². The maximum atomic E-state index is 8.87. The van der Waals surface area contributed by atoms with Gasteiger partial charge in [-0.05, 0) is 44.8 Å². The van der Waals surface area contributed by atoms with E-state index in [2.05, 4.69) is 15.2 Å². The fraction of sp³-hybridized carbons (Fsp3) is 0.500. The molecule has 5 nitrogen and oxygen atoms in total. The Balaban J connectivity index is 1.53. The third-order valence-corrected chi connectivity index (χ3v) is 4.92. The van der Waals surface area contributed by atoms with Crippen LogP contribution in [0.3, 0.4) is 0 Å². The second-order valence-corrected chi connectivity index (χ2v) is 6.10. The molecule has 0 bridgehead atoms. The van der Waals surface area contributed by atoms with Gasteiger partial charge in [0.25, 0.3) is 0 Å². The first-order valence-electron chi connectivity index (χ1n) is 7.58. The number of nitriles is 1. The molecule has 0 atom stereocenters. The van der Waals surface area contributed by atoms with E-state index in [1.807, 2.05) is 12.1 Å². The zero-order valence-corrected chi connectivity index (χ0v) is 11.9. The maximum Gasteiger partial charge on any atom is 0.204 e. The average molecular weight is 282 g/mol. The Labute approximate surface area is 123 Å². The summed E-state index contributed by atoms with van der Waals surface area (Å²) in [6, 6.07) is 5.74. The fourth-order valence-corrected chi connectivity index (χ4v) is 3.87. The highest BCUT2D eigenvalue weighted by atomic mass is 16.3. The molecule has 0 aliphatic carbocycles. The highest BCUT2D eigenvalue weighted by Crippen LogP contribution is 2.38. The minimum absolute atomic E-state index is 0.334. The molecule has 2 aromatic heterocycles. The van der Waals surface area contributed by atoms with Gasteiger partial charge in [-0.25, -0.2) is 4.98 Å². The molecule has 0 amide bonds. The van der Waals surface area contributed by atoms with E-state index in [1.54, 1.807) is 12.3 Å². The minimum Gasteiger partial charge on any atom is -0.444 e.